The average Bonchev–Trinajstić information content (AvgIpc) is 3.00. The standard InChI is InChI=1S/C12H14ClN3/c1-2-3-8-6-10(8)16-12-11(13)9(7-14)4-5-15-12/h4-5,8,10H,2-3,6H2,1H3,(H,15,16). The fourth-order valence-corrected chi connectivity index (χ4v) is 2.13. The summed E-state index contributed by atoms with van der Waals surface area (Å²) in [6, 6.07) is 4.17. The smallest absolute Gasteiger partial charge is 0.146 e. The van der Waals surface area contributed by atoms with Gasteiger partial charge in [0.05, 0.1) is 5.56 Å². The number of nitrogens with one attached hydrogen (secondary N) is 1. The van der Waals surface area contributed by atoms with Crippen LogP contribution >= 0.6 is 11.6 Å². The minimum atomic E-state index is 0.437. The Kier molecular flexibility index (Phi) is 3.31. The third-order valence-electron chi connectivity index (χ3n) is 2.91. The van der Waals surface area contributed by atoms with Crippen LogP contribution in [-0.4, -0.2) is 11.0 Å². The van der Waals surface area contributed by atoms with E-state index in [9.17, 15) is 0 Å². The number of hydrogen-bond acceptors (Lipinski definition) is 3. The summed E-state index contributed by atoms with van der Waals surface area (Å²) in [6.07, 6.45) is 5.25. The summed E-state index contributed by atoms with van der Waals surface area (Å²) in [6.45, 7) is 2.19. The van der Waals surface area contributed by atoms with E-state index in [1.54, 1.807) is 12.3 Å². The van der Waals surface area contributed by atoms with Crippen LogP contribution < -0.4 is 5.32 Å². The zero-order chi connectivity index (χ0) is 11.5. The van der Waals surface area contributed by atoms with Gasteiger partial charge < -0.3 is 5.32 Å². The normalized spacial score (nSPS) is 22.6. The first-order valence-electron chi connectivity index (χ1n) is 5.57. The van der Waals surface area contributed by atoms with E-state index >= 15 is 0 Å². The average molecular weight is 236 g/mol. The SMILES string of the molecule is CCCC1CC1Nc1nccc(C#N)c1Cl. The van der Waals surface area contributed by atoms with Crippen molar-refractivity contribution < 1.29 is 0 Å². The maximum absolute atomic E-state index is 8.84. The van der Waals surface area contributed by atoms with Crippen molar-refractivity contribution >= 4 is 17.4 Å². The van der Waals surface area contributed by atoms with Crippen LogP contribution in [0.1, 0.15) is 31.7 Å². The molecule has 2 atom stereocenters. The van der Waals surface area contributed by atoms with E-state index in [1.165, 1.54) is 19.3 Å². The minimum absolute atomic E-state index is 0.437. The van der Waals surface area contributed by atoms with E-state index in [0.29, 0.717) is 22.4 Å². The van der Waals surface area contributed by atoms with Crippen LogP contribution in [-0.2, 0) is 0 Å². The van der Waals surface area contributed by atoms with E-state index < -0.39 is 0 Å². The van der Waals surface area contributed by atoms with Crippen molar-refractivity contribution in [2.45, 2.75) is 32.2 Å². The number of anilines is 1. The zero-order valence-electron chi connectivity index (χ0n) is 9.20. The number of halogens is 1. The predicted molar refractivity (Wildman–Crippen MR) is 64.4 cm³/mol. The van der Waals surface area contributed by atoms with Crippen molar-refractivity contribution in [1.82, 2.24) is 4.98 Å². The lowest BCUT2D eigenvalue weighted by Crippen LogP contribution is -2.07. The monoisotopic (exact) mass is 235 g/mol. The van der Waals surface area contributed by atoms with Crippen molar-refractivity contribution in [3.05, 3.63) is 22.8 Å². The Hall–Kier alpha value is -1.27. The molecule has 1 aliphatic carbocycles. The summed E-state index contributed by atoms with van der Waals surface area (Å²) in [5.41, 5.74) is 0.479. The molecule has 0 aliphatic heterocycles. The second-order valence-electron chi connectivity index (χ2n) is 4.17. The molecular weight excluding hydrogens is 222 g/mol. The predicted octanol–water partition coefficient (Wildman–Crippen LogP) is 3.21. The van der Waals surface area contributed by atoms with Crippen molar-refractivity contribution in [1.29, 1.82) is 5.26 Å². The fourth-order valence-electron chi connectivity index (χ4n) is 1.92. The number of nitrogens with zero attached hydrogens (tertiary/aromatic N) is 2. The largest absolute Gasteiger partial charge is 0.366 e. The molecule has 1 aromatic heterocycles. The maximum atomic E-state index is 8.84. The van der Waals surface area contributed by atoms with Gasteiger partial charge >= 0.3 is 0 Å². The molecule has 2 rings (SSSR count). The Bertz CT molecular complexity index is 425. The molecule has 0 amide bonds. The number of aromatic nitrogens is 1. The molecule has 0 radical (unpaired) electrons. The van der Waals surface area contributed by atoms with E-state index in [0.717, 1.165) is 5.92 Å². The lowest BCUT2D eigenvalue weighted by Gasteiger charge is -2.07. The van der Waals surface area contributed by atoms with Crippen LogP contribution in [0.15, 0.2) is 12.3 Å². The highest BCUT2D eigenvalue weighted by Crippen LogP contribution is 2.38. The Labute approximate surface area is 100 Å². The fraction of sp³-hybridized carbons (Fsp3) is 0.500. The van der Waals surface area contributed by atoms with E-state index in [2.05, 4.69) is 23.3 Å². The topological polar surface area (TPSA) is 48.7 Å². The van der Waals surface area contributed by atoms with Crippen molar-refractivity contribution in [2.24, 2.45) is 5.92 Å². The number of hydrogen-bond donors (Lipinski definition) is 1. The molecule has 1 heterocycles. The Morgan fingerprint density at radius 3 is 3.19 bits per heavy atom. The highest BCUT2D eigenvalue weighted by atomic mass is 35.5. The van der Waals surface area contributed by atoms with Gasteiger partial charge in [0.15, 0.2) is 0 Å². The molecule has 1 aromatic rings. The molecule has 0 aromatic carbocycles. The number of pyridine rings is 1. The van der Waals surface area contributed by atoms with Crippen LogP contribution in [0.5, 0.6) is 0 Å². The molecule has 3 nitrogen and oxygen atoms in total. The number of rotatable bonds is 4. The quantitative estimate of drug-likeness (QED) is 0.872. The Balaban J connectivity index is 2.04. The lowest BCUT2D eigenvalue weighted by atomic mass is 10.2. The first-order valence-corrected chi connectivity index (χ1v) is 5.95. The lowest BCUT2D eigenvalue weighted by molar-refractivity contribution is 0.692. The summed E-state index contributed by atoms with van der Waals surface area (Å²) in [7, 11) is 0. The molecule has 1 fully saturated rings. The molecule has 0 bridgehead atoms. The van der Waals surface area contributed by atoms with Gasteiger partial charge in [-0.25, -0.2) is 4.98 Å². The van der Waals surface area contributed by atoms with Crippen LogP contribution in [0.2, 0.25) is 5.02 Å². The second-order valence-corrected chi connectivity index (χ2v) is 4.55. The van der Waals surface area contributed by atoms with Crippen molar-refractivity contribution in [3.63, 3.8) is 0 Å². The van der Waals surface area contributed by atoms with Crippen LogP contribution in [0.3, 0.4) is 0 Å². The van der Waals surface area contributed by atoms with Gasteiger partial charge in [-0.05, 0) is 24.8 Å². The molecule has 1 N–H and O–H groups in total. The van der Waals surface area contributed by atoms with Crippen molar-refractivity contribution in [2.75, 3.05) is 5.32 Å². The summed E-state index contributed by atoms with van der Waals surface area (Å²) in [5, 5.41) is 12.6. The molecule has 0 saturated heterocycles. The van der Waals surface area contributed by atoms with Gasteiger partial charge in [-0.2, -0.15) is 5.26 Å². The molecule has 16 heavy (non-hydrogen) atoms. The third-order valence-corrected chi connectivity index (χ3v) is 3.30. The number of nitriles is 1. The van der Waals surface area contributed by atoms with Gasteiger partial charge in [-0.3, -0.25) is 0 Å². The summed E-state index contributed by atoms with van der Waals surface area (Å²) < 4.78 is 0. The zero-order valence-corrected chi connectivity index (χ0v) is 9.96. The van der Waals surface area contributed by atoms with Gasteiger partial charge in [0.1, 0.15) is 16.9 Å². The first kappa shape index (κ1) is 11.2. The van der Waals surface area contributed by atoms with Crippen molar-refractivity contribution in [3.8, 4) is 6.07 Å². The highest BCUT2D eigenvalue weighted by Gasteiger charge is 2.36. The maximum Gasteiger partial charge on any atom is 0.146 e. The molecular formula is C12H14ClN3. The minimum Gasteiger partial charge on any atom is -0.366 e. The molecule has 1 aliphatic rings. The molecule has 84 valence electrons. The van der Waals surface area contributed by atoms with Gasteiger partial charge in [-0.1, -0.05) is 24.9 Å². The first-order chi connectivity index (χ1) is 7.76. The van der Waals surface area contributed by atoms with Crippen LogP contribution in [0.4, 0.5) is 5.82 Å². The van der Waals surface area contributed by atoms with E-state index in [1.807, 2.05) is 0 Å². The van der Waals surface area contributed by atoms with Crippen LogP contribution in [0, 0.1) is 17.2 Å². The Morgan fingerprint density at radius 2 is 2.50 bits per heavy atom. The van der Waals surface area contributed by atoms with E-state index in [4.69, 9.17) is 16.9 Å². The molecule has 4 heteroatoms. The molecule has 1 saturated carbocycles. The Morgan fingerprint density at radius 1 is 1.69 bits per heavy atom. The molecule has 0 spiro atoms. The third kappa shape index (κ3) is 2.28. The van der Waals surface area contributed by atoms with Gasteiger partial charge in [0.2, 0.25) is 0 Å². The van der Waals surface area contributed by atoms with E-state index in [-0.39, 0.29) is 0 Å². The summed E-state index contributed by atoms with van der Waals surface area (Å²) in [5.74, 6) is 1.39. The van der Waals surface area contributed by atoms with Gasteiger partial charge in [0, 0.05) is 12.2 Å². The summed E-state index contributed by atoms with van der Waals surface area (Å²) >= 11 is 6.06. The molecule has 2 unspecified atom stereocenters. The van der Waals surface area contributed by atoms with Gasteiger partial charge in [0.25, 0.3) is 0 Å². The second kappa shape index (κ2) is 4.71. The van der Waals surface area contributed by atoms with Crippen LogP contribution in [0.25, 0.3) is 0 Å². The van der Waals surface area contributed by atoms with Gasteiger partial charge in [-0.15, -0.1) is 0 Å². The summed E-state index contributed by atoms with van der Waals surface area (Å²) in [4.78, 5) is 4.17. The highest BCUT2D eigenvalue weighted by molar-refractivity contribution is 6.34.